The van der Waals surface area contributed by atoms with Crippen molar-refractivity contribution < 1.29 is 14.7 Å². The first-order valence-corrected chi connectivity index (χ1v) is 7.39. The van der Waals surface area contributed by atoms with Crippen LogP contribution in [0.2, 0.25) is 0 Å². The Labute approximate surface area is 114 Å². The lowest BCUT2D eigenvalue weighted by Gasteiger charge is -2.31. The van der Waals surface area contributed by atoms with Crippen molar-refractivity contribution in [2.45, 2.75) is 64.0 Å². The molecule has 19 heavy (non-hydrogen) atoms. The van der Waals surface area contributed by atoms with Gasteiger partial charge >= 0.3 is 12.0 Å². The van der Waals surface area contributed by atoms with Crippen LogP contribution in [0.4, 0.5) is 4.79 Å². The monoisotopic (exact) mass is 268 g/mol. The Balaban J connectivity index is 1.85. The minimum absolute atomic E-state index is 0.140. The van der Waals surface area contributed by atoms with E-state index in [1.807, 2.05) is 0 Å². The Kier molecular flexibility index (Phi) is 4.66. The van der Waals surface area contributed by atoms with Gasteiger partial charge in [0, 0.05) is 12.1 Å². The first kappa shape index (κ1) is 14.2. The van der Waals surface area contributed by atoms with Gasteiger partial charge in [0.25, 0.3) is 0 Å². The van der Waals surface area contributed by atoms with Gasteiger partial charge in [0.1, 0.15) is 6.54 Å². The summed E-state index contributed by atoms with van der Waals surface area (Å²) in [5.41, 5.74) is 0. The average Bonchev–Trinajstić information content (AvgIpc) is 3.20. The third kappa shape index (κ3) is 4.11. The minimum atomic E-state index is -0.933. The van der Waals surface area contributed by atoms with E-state index in [2.05, 4.69) is 12.2 Å². The number of carbonyl (C=O) groups is 2. The number of nitrogens with zero attached hydrogens (tertiary/aromatic N) is 1. The fourth-order valence-corrected chi connectivity index (χ4v) is 2.95. The average molecular weight is 268 g/mol. The zero-order valence-electron chi connectivity index (χ0n) is 11.6. The lowest BCUT2D eigenvalue weighted by molar-refractivity contribution is -0.137. The summed E-state index contributed by atoms with van der Waals surface area (Å²) in [5, 5.41) is 11.9. The topological polar surface area (TPSA) is 69.6 Å². The van der Waals surface area contributed by atoms with Crippen LogP contribution in [0.5, 0.6) is 0 Å². The quantitative estimate of drug-likeness (QED) is 0.803. The Hall–Kier alpha value is -1.26. The first-order valence-electron chi connectivity index (χ1n) is 7.39. The number of hydrogen-bond acceptors (Lipinski definition) is 2. The molecule has 0 aromatic carbocycles. The molecule has 2 N–H and O–H groups in total. The van der Waals surface area contributed by atoms with Crippen LogP contribution in [0.15, 0.2) is 0 Å². The van der Waals surface area contributed by atoms with Crippen molar-refractivity contribution in [1.29, 1.82) is 0 Å². The van der Waals surface area contributed by atoms with E-state index in [-0.39, 0.29) is 24.7 Å². The molecule has 0 aromatic heterocycles. The minimum Gasteiger partial charge on any atom is -0.480 e. The van der Waals surface area contributed by atoms with E-state index in [4.69, 9.17) is 5.11 Å². The zero-order chi connectivity index (χ0) is 13.8. The van der Waals surface area contributed by atoms with Crippen molar-refractivity contribution in [3.8, 4) is 0 Å². The molecule has 2 fully saturated rings. The highest BCUT2D eigenvalue weighted by Gasteiger charge is 2.35. The molecule has 0 saturated heterocycles. The summed E-state index contributed by atoms with van der Waals surface area (Å²) in [7, 11) is 0. The molecule has 2 saturated carbocycles. The molecule has 2 amide bonds. The standard InChI is InChI=1S/C14H24N2O3/c1-2-10-4-3-5-11(8-10)15-14(19)16(9-13(17)18)12-6-7-12/h10-12H,2-9H2,1H3,(H,15,19)(H,17,18). The number of carboxylic acid groups (broad SMARTS) is 1. The molecule has 2 rings (SSSR count). The summed E-state index contributed by atoms with van der Waals surface area (Å²) >= 11 is 0. The van der Waals surface area contributed by atoms with Gasteiger partial charge in [0.05, 0.1) is 0 Å². The fraction of sp³-hybridized carbons (Fsp3) is 0.857. The van der Waals surface area contributed by atoms with Gasteiger partial charge in [-0.3, -0.25) is 4.79 Å². The van der Waals surface area contributed by atoms with Crippen molar-refractivity contribution in [3.05, 3.63) is 0 Å². The summed E-state index contributed by atoms with van der Waals surface area (Å²) in [6.45, 7) is 2.01. The van der Waals surface area contributed by atoms with Crippen LogP contribution in [0.25, 0.3) is 0 Å². The molecule has 0 aliphatic heterocycles. The SMILES string of the molecule is CCC1CCCC(NC(=O)N(CC(=O)O)C2CC2)C1. The molecule has 0 heterocycles. The van der Waals surface area contributed by atoms with Crippen LogP contribution in [-0.2, 0) is 4.79 Å². The number of hydrogen-bond donors (Lipinski definition) is 2. The van der Waals surface area contributed by atoms with Crippen molar-refractivity contribution >= 4 is 12.0 Å². The Bertz CT molecular complexity index is 342. The van der Waals surface area contributed by atoms with E-state index >= 15 is 0 Å². The molecule has 108 valence electrons. The molecule has 0 aromatic rings. The van der Waals surface area contributed by atoms with Crippen molar-refractivity contribution in [2.75, 3.05) is 6.54 Å². The van der Waals surface area contributed by atoms with E-state index in [1.54, 1.807) is 0 Å². The number of rotatable bonds is 5. The summed E-state index contributed by atoms with van der Waals surface area (Å²) in [5.74, 6) is -0.231. The smallest absolute Gasteiger partial charge is 0.323 e. The molecule has 0 radical (unpaired) electrons. The number of carbonyl (C=O) groups excluding carboxylic acids is 1. The maximum absolute atomic E-state index is 12.2. The summed E-state index contributed by atoms with van der Waals surface area (Å²) in [4.78, 5) is 24.5. The van der Waals surface area contributed by atoms with Gasteiger partial charge in [-0.15, -0.1) is 0 Å². The highest BCUT2D eigenvalue weighted by molar-refractivity contribution is 5.80. The van der Waals surface area contributed by atoms with E-state index in [9.17, 15) is 9.59 Å². The van der Waals surface area contributed by atoms with Gasteiger partial charge in [-0.05, 0) is 31.6 Å². The second kappa shape index (κ2) is 6.26. The van der Waals surface area contributed by atoms with Crippen LogP contribution in [-0.4, -0.2) is 40.6 Å². The molecule has 2 aliphatic rings. The van der Waals surface area contributed by atoms with Crippen molar-refractivity contribution in [3.63, 3.8) is 0 Å². The zero-order valence-corrected chi connectivity index (χ0v) is 11.6. The highest BCUT2D eigenvalue weighted by atomic mass is 16.4. The van der Waals surface area contributed by atoms with Crippen molar-refractivity contribution in [2.24, 2.45) is 5.92 Å². The predicted molar refractivity (Wildman–Crippen MR) is 71.9 cm³/mol. The molecule has 0 spiro atoms. The molecule has 2 atom stereocenters. The van der Waals surface area contributed by atoms with Crippen LogP contribution in [0, 0.1) is 5.92 Å². The lowest BCUT2D eigenvalue weighted by Crippen LogP contribution is -2.48. The molecular weight excluding hydrogens is 244 g/mol. The summed E-state index contributed by atoms with van der Waals surface area (Å²) in [6.07, 6.45) is 7.50. The van der Waals surface area contributed by atoms with Gasteiger partial charge in [-0.25, -0.2) is 4.79 Å². The van der Waals surface area contributed by atoms with Gasteiger partial charge in [-0.2, -0.15) is 0 Å². The second-order valence-electron chi connectivity index (χ2n) is 5.84. The van der Waals surface area contributed by atoms with E-state index in [0.717, 1.165) is 38.5 Å². The largest absolute Gasteiger partial charge is 0.480 e. The first-order chi connectivity index (χ1) is 9.10. The normalized spacial score (nSPS) is 26.8. The lowest BCUT2D eigenvalue weighted by atomic mass is 9.84. The van der Waals surface area contributed by atoms with Crippen molar-refractivity contribution in [1.82, 2.24) is 10.2 Å². The fourth-order valence-electron chi connectivity index (χ4n) is 2.95. The maximum Gasteiger partial charge on any atom is 0.323 e. The molecule has 2 aliphatic carbocycles. The third-order valence-corrected chi connectivity index (χ3v) is 4.24. The molecule has 2 unspecified atom stereocenters. The van der Waals surface area contributed by atoms with Crippen LogP contribution >= 0.6 is 0 Å². The molecule has 5 nitrogen and oxygen atoms in total. The molecule has 0 bridgehead atoms. The second-order valence-corrected chi connectivity index (χ2v) is 5.84. The van der Waals surface area contributed by atoms with Crippen LogP contribution in [0.3, 0.4) is 0 Å². The number of aliphatic carboxylic acids is 1. The van der Waals surface area contributed by atoms with Crippen LogP contribution < -0.4 is 5.32 Å². The summed E-state index contributed by atoms with van der Waals surface area (Å²) < 4.78 is 0. The highest BCUT2D eigenvalue weighted by Crippen LogP contribution is 2.29. The predicted octanol–water partition coefficient (Wildman–Crippen LogP) is 2.21. The number of carboxylic acids is 1. The Morgan fingerprint density at radius 1 is 1.26 bits per heavy atom. The number of nitrogens with one attached hydrogen (secondary N) is 1. The third-order valence-electron chi connectivity index (χ3n) is 4.24. The number of urea groups is 1. The van der Waals surface area contributed by atoms with Crippen LogP contribution in [0.1, 0.15) is 51.9 Å². The molecular formula is C14H24N2O3. The Morgan fingerprint density at radius 2 is 2.00 bits per heavy atom. The van der Waals surface area contributed by atoms with E-state index in [0.29, 0.717) is 5.92 Å². The summed E-state index contributed by atoms with van der Waals surface area (Å²) in [6, 6.07) is 0.176. The molecule has 5 heteroatoms. The van der Waals surface area contributed by atoms with Gasteiger partial charge < -0.3 is 15.3 Å². The van der Waals surface area contributed by atoms with Gasteiger partial charge in [0.15, 0.2) is 0 Å². The van der Waals surface area contributed by atoms with Gasteiger partial charge in [-0.1, -0.05) is 26.2 Å². The van der Waals surface area contributed by atoms with E-state index in [1.165, 1.54) is 11.3 Å². The van der Waals surface area contributed by atoms with Gasteiger partial charge in [0.2, 0.25) is 0 Å². The maximum atomic E-state index is 12.2. The Morgan fingerprint density at radius 3 is 2.58 bits per heavy atom. The number of amides is 2. The van der Waals surface area contributed by atoms with E-state index < -0.39 is 5.97 Å².